The average Bonchev–Trinajstić information content (AvgIpc) is 2.53. The number of nitrogens with one attached hydrogen (secondary N) is 1. The molecular weight excluding hydrogens is 262 g/mol. The van der Waals surface area contributed by atoms with Gasteiger partial charge in [-0.1, -0.05) is 43.7 Å². The van der Waals surface area contributed by atoms with Crippen molar-refractivity contribution >= 4 is 5.91 Å². The smallest absolute Gasteiger partial charge is 0.234 e. The van der Waals surface area contributed by atoms with Gasteiger partial charge in [-0.2, -0.15) is 0 Å². The highest BCUT2D eigenvalue weighted by Gasteiger charge is 2.27. The lowest BCUT2D eigenvalue weighted by Gasteiger charge is -2.37. The molecule has 1 heterocycles. The summed E-state index contributed by atoms with van der Waals surface area (Å²) in [5, 5.41) is 3.00. The summed E-state index contributed by atoms with van der Waals surface area (Å²) in [5.41, 5.74) is 6.97. The first-order valence-electron chi connectivity index (χ1n) is 7.96. The van der Waals surface area contributed by atoms with Gasteiger partial charge in [0.1, 0.15) is 0 Å². The predicted molar refractivity (Wildman–Crippen MR) is 85.7 cm³/mol. The minimum Gasteiger partial charge on any atom is -0.351 e. The van der Waals surface area contributed by atoms with E-state index in [1.165, 1.54) is 0 Å². The van der Waals surface area contributed by atoms with Crippen molar-refractivity contribution in [1.82, 2.24) is 10.2 Å². The molecule has 0 aromatic heterocycles. The standard InChI is InChI=1S/C17H27N3O/c1-2-15-12-20(9-8-16(15)10-18)13-17(21)19-11-14-6-4-3-5-7-14/h3-7,15-16H,2,8-13,18H2,1H3,(H,19,21). The van der Waals surface area contributed by atoms with E-state index in [-0.39, 0.29) is 5.91 Å². The van der Waals surface area contributed by atoms with Crippen molar-refractivity contribution in [3.05, 3.63) is 35.9 Å². The number of amides is 1. The summed E-state index contributed by atoms with van der Waals surface area (Å²) in [7, 11) is 0. The Balaban J connectivity index is 1.75. The Morgan fingerprint density at radius 2 is 2.10 bits per heavy atom. The maximum Gasteiger partial charge on any atom is 0.234 e. The van der Waals surface area contributed by atoms with Gasteiger partial charge in [-0.25, -0.2) is 0 Å². The molecule has 1 aromatic carbocycles. The van der Waals surface area contributed by atoms with E-state index in [9.17, 15) is 4.79 Å². The molecule has 116 valence electrons. The summed E-state index contributed by atoms with van der Waals surface area (Å²) in [6.07, 6.45) is 2.25. The molecule has 4 nitrogen and oxygen atoms in total. The van der Waals surface area contributed by atoms with Gasteiger partial charge in [0.2, 0.25) is 5.91 Å². The van der Waals surface area contributed by atoms with Crippen LogP contribution in [0.2, 0.25) is 0 Å². The molecule has 1 aromatic rings. The Hall–Kier alpha value is -1.39. The lowest BCUT2D eigenvalue weighted by molar-refractivity contribution is -0.123. The number of benzene rings is 1. The Kier molecular flexibility index (Phi) is 6.21. The van der Waals surface area contributed by atoms with Crippen LogP contribution in [-0.2, 0) is 11.3 Å². The van der Waals surface area contributed by atoms with Crippen LogP contribution >= 0.6 is 0 Å². The van der Waals surface area contributed by atoms with Crippen molar-refractivity contribution in [2.24, 2.45) is 17.6 Å². The molecule has 2 unspecified atom stereocenters. The van der Waals surface area contributed by atoms with Crippen LogP contribution in [0.5, 0.6) is 0 Å². The molecule has 2 rings (SSSR count). The lowest BCUT2D eigenvalue weighted by atomic mass is 9.84. The quantitative estimate of drug-likeness (QED) is 0.836. The largest absolute Gasteiger partial charge is 0.351 e. The van der Waals surface area contributed by atoms with Gasteiger partial charge in [0.15, 0.2) is 0 Å². The van der Waals surface area contributed by atoms with Crippen molar-refractivity contribution < 1.29 is 4.79 Å². The summed E-state index contributed by atoms with van der Waals surface area (Å²) in [4.78, 5) is 14.3. The third-order valence-electron chi connectivity index (χ3n) is 4.50. The van der Waals surface area contributed by atoms with Crippen LogP contribution in [0.1, 0.15) is 25.3 Å². The van der Waals surface area contributed by atoms with Crippen LogP contribution in [0.4, 0.5) is 0 Å². The SMILES string of the molecule is CCC1CN(CC(=O)NCc2ccccc2)CCC1CN. The van der Waals surface area contributed by atoms with Crippen LogP contribution in [0, 0.1) is 11.8 Å². The maximum absolute atomic E-state index is 12.1. The Labute approximate surface area is 127 Å². The van der Waals surface area contributed by atoms with Crippen molar-refractivity contribution in [1.29, 1.82) is 0 Å². The van der Waals surface area contributed by atoms with E-state index in [0.29, 0.717) is 24.9 Å². The van der Waals surface area contributed by atoms with E-state index in [0.717, 1.165) is 38.0 Å². The van der Waals surface area contributed by atoms with E-state index in [1.807, 2.05) is 30.3 Å². The maximum atomic E-state index is 12.1. The van der Waals surface area contributed by atoms with E-state index in [2.05, 4.69) is 17.1 Å². The second-order valence-electron chi connectivity index (χ2n) is 5.95. The van der Waals surface area contributed by atoms with Crippen LogP contribution < -0.4 is 11.1 Å². The molecule has 1 amide bonds. The Bertz CT molecular complexity index is 435. The number of hydrogen-bond donors (Lipinski definition) is 2. The van der Waals surface area contributed by atoms with E-state index in [4.69, 9.17) is 5.73 Å². The van der Waals surface area contributed by atoms with Gasteiger partial charge in [0.25, 0.3) is 0 Å². The fourth-order valence-electron chi connectivity index (χ4n) is 3.13. The molecule has 21 heavy (non-hydrogen) atoms. The zero-order valence-electron chi connectivity index (χ0n) is 12.9. The van der Waals surface area contributed by atoms with Gasteiger partial charge in [0, 0.05) is 13.1 Å². The second-order valence-corrected chi connectivity index (χ2v) is 5.95. The van der Waals surface area contributed by atoms with Gasteiger partial charge in [0.05, 0.1) is 6.54 Å². The summed E-state index contributed by atoms with van der Waals surface area (Å²) in [6, 6.07) is 10.0. The minimum absolute atomic E-state index is 0.111. The van der Waals surface area contributed by atoms with Crippen LogP contribution in [-0.4, -0.2) is 37.0 Å². The molecule has 0 spiro atoms. The molecule has 0 radical (unpaired) electrons. The molecule has 1 aliphatic rings. The molecule has 1 aliphatic heterocycles. The summed E-state index contributed by atoms with van der Waals surface area (Å²) in [6.45, 7) is 6.07. The predicted octanol–water partition coefficient (Wildman–Crippen LogP) is 1.61. The highest BCUT2D eigenvalue weighted by Crippen LogP contribution is 2.24. The van der Waals surface area contributed by atoms with Crippen LogP contribution in [0.25, 0.3) is 0 Å². The van der Waals surface area contributed by atoms with Crippen molar-refractivity contribution in [3.8, 4) is 0 Å². The second kappa shape index (κ2) is 8.15. The molecule has 2 atom stereocenters. The topological polar surface area (TPSA) is 58.4 Å². The Morgan fingerprint density at radius 1 is 1.33 bits per heavy atom. The zero-order valence-corrected chi connectivity index (χ0v) is 12.9. The first-order valence-corrected chi connectivity index (χ1v) is 7.96. The minimum atomic E-state index is 0.111. The number of piperidine rings is 1. The highest BCUT2D eigenvalue weighted by atomic mass is 16.2. The van der Waals surface area contributed by atoms with E-state index in [1.54, 1.807) is 0 Å². The number of carbonyl (C=O) groups excluding carboxylic acids is 1. The van der Waals surface area contributed by atoms with Gasteiger partial charge >= 0.3 is 0 Å². The fraction of sp³-hybridized carbons (Fsp3) is 0.588. The van der Waals surface area contributed by atoms with Crippen LogP contribution in [0.3, 0.4) is 0 Å². The molecule has 3 N–H and O–H groups in total. The number of rotatable bonds is 6. The molecule has 0 bridgehead atoms. The number of hydrogen-bond acceptors (Lipinski definition) is 3. The number of nitrogens with zero attached hydrogens (tertiary/aromatic N) is 1. The van der Waals surface area contributed by atoms with E-state index >= 15 is 0 Å². The van der Waals surface area contributed by atoms with Gasteiger partial charge in [-0.3, -0.25) is 9.69 Å². The first kappa shape index (κ1) is 16.0. The normalized spacial score (nSPS) is 23.0. The summed E-state index contributed by atoms with van der Waals surface area (Å²) < 4.78 is 0. The van der Waals surface area contributed by atoms with Crippen molar-refractivity contribution in [2.75, 3.05) is 26.2 Å². The molecule has 4 heteroatoms. The number of likely N-dealkylation sites (tertiary alicyclic amines) is 1. The third-order valence-corrected chi connectivity index (χ3v) is 4.50. The highest BCUT2D eigenvalue weighted by molar-refractivity contribution is 5.78. The van der Waals surface area contributed by atoms with Crippen molar-refractivity contribution in [3.63, 3.8) is 0 Å². The van der Waals surface area contributed by atoms with E-state index < -0.39 is 0 Å². The van der Waals surface area contributed by atoms with Crippen LogP contribution in [0.15, 0.2) is 30.3 Å². The Morgan fingerprint density at radius 3 is 2.76 bits per heavy atom. The van der Waals surface area contributed by atoms with Crippen molar-refractivity contribution in [2.45, 2.75) is 26.3 Å². The summed E-state index contributed by atoms with van der Waals surface area (Å²) in [5.74, 6) is 1.37. The molecule has 1 saturated heterocycles. The lowest BCUT2D eigenvalue weighted by Crippen LogP contribution is -2.46. The van der Waals surface area contributed by atoms with Gasteiger partial charge in [-0.15, -0.1) is 0 Å². The molecular formula is C17H27N3O. The molecule has 0 saturated carbocycles. The van der Waals surface area contributed by atoms with Gasteiger partial charge in [-0.05, 0) is 36.9 Å². The summed E-state index contributed by atoms with van der Waals surface area (Å²) >= 11 is 0. The fourth-order valence-corrected chi connectivity index (χ4v) is 3.13. The van der Waals surface area contributed by atoms with Gasteiger partial charge < -0.3 is 11.1 Å². The third kappa shape index (κ3) is 4.83. The number of carbonyl (C=O) groups is 1. The monoisotopic (exact) mass is 289 g/mol. The molecule has 0 aliphatic carbocycles. The number of nitrogens with two attached hydrogens (primary N) is 1. The zero-order chi connectivity index (χ0) is 15.1. The average molecular weight is 289 g/mol. The first-order chi connectivity index (χ1) is 10.2. The molecule has 1 fully saturated rings.